The van der Waals surface area contributed by atoms with E-state index in [0.29, 0.717) is 6.42 Å². The van der Waals surface area contributed by atoms with Crippen LogP contribution in [-0.4, -0.2) is 24.3 Å². The van der Waals surface area contributed by atoms with Gasteiger partial charge in [-0.3, -0.25) is 0 Å². The summed E-state index contributed by atoms with van der Waals surface area (Å²) in [6, 6.07) is 0. The molecule has 0 bridgehead atoms. The highest BCUT2D eigenvalue weighted by Gasteiger charge is 1.98. The second kappa shape index (κ2) is 6.85. The normalized spacial score (nSPS) is 13.2. The van der Waals surface area contributed by atoms with Gasteiger partial charge in [-0.15, -0.1) is 0 Å². The highest BCUT2D eigenvalue weighted by molar-refractivity contribution is 5.81. The quantitative estimate of drug-likeness (QED) is 0.501. The van der Waals surface area contributed by atoms with Gasteiger partial charge in [-0.1, -0.05) is 19.8 Å². The number of unbranched alkanes of at least 4 members (excludes halogenated alkanes) is 1. The van der Waals surface area contributed by atoms with Crippen molar-refractivity contribution in [3.05, 3.63) is 12.2 Å². The molecule has 0 aromatic heterocycles. The Labute approximate surface area is 73.0 Å². The van der Waals surface area contributed by atoms with E-state index in [0.717, 1.165) is 12.8 Å². The van der Waals surface area contributed by atoms with E-state index in [1.54, 1.807) is 0 Å². The second-order valence-corrected chi connectivity index (χ2v) is 2.59. The average Bonchev–Trinajstić information content (AvgIpc) is 2.10. The first-order valence-electron chi connectivity index (χ1n) is 4.15. The van der Waals surface area contributed by atoms with Gasteiger partial charge in [0.05, 0.1) is 13.2 Å². The minimum Gasteiger partial charge on any atom is -0.466 e. The van der Waals surface area contributed by atoms with Gasteiger partial charge in [-0.05, 0) is 12.5 Å². The fourth-order valence-corrected chi connectivity index (χ4v) is 0.767. The van der Waals surface area contributed by atoms with Gasteiger partial charge in [-0.25, -0.2) is 4.79 Å². The molecule has 0 spiro atoms. The number of hydrogen-bond donors (Lipinski definition) is 1. The van der Waals surface area contributed by atoms with Gasteiger partial charge in [0, 0.05) is 6.08 Å². The fourth-order valence-electron chi connectivity index (χ4n) is 0.767. The third-order valence-electron chi connectivity index (χ3n) is 1.51. The molecule has 0 aliphatic heterocycles. The SMILES string of the molecule is CCCC[C@@H](O)/C=C/C(=O)OC. The van der Waals surface area contributed by atoms with Crippen molar-refractivity contribution in [2.45, 2.75) is 32.3 Å². The minimum absolute atomic E-state index is 0.425. The number of hydrogen-bond acceptors (Lipinski definition) is 3. The van der Waals surface area contributed by atoms with Gasteiger partial charge in [-0.2, -0.15) is 0 Å². The Morgan fingerprint density at radius 3 is 2.83 bits per heavy atom. The molecule has 0 rings (SSSR count). The molecule has 0 fully saturated rings. The summed E-state index contributed by atoms with van der Waals surface area (Å²) in [5.41, 5.74) is 0. The average molecular weight is 172 g/mol. The van der Waals surface area contributed by atoms with Crippen molar-refractivity contribution in [2.75, 3.05) is 7.11 Å². The van der Waals surface area contributed by atoms with Crippen LogP contribution < -0.4 is 0 Å². The maximum atomic E-state index is 10.6. The molecule has 0 aromatic carbocycles. The van der Waals surface area contributed by atoms with Gasteiger partial charge < -0.3 is 9.84 Å². The minimum atomic E-state index is -0.524. The monoisotopic (exact) mass is 172 g/mol. The van der Waals surface area contributed by atoms with E-state index in [1.165, 1.54) is 19.3 Å². The van der Waals surface area contributed by atoms with Crippen LogP contribution in [0.2, 0.25) is 0 Å². The molecule has 0 aliphatic carbocycles. The summed E-state index contributed by atoms with van der Waals surface area (Å²) in [6.45, 7) is 2.05. The first kappa shape index (κ1) is 11.2. The van der Waals surface area contributed by atoms with Crippen LogP contribution in [0, 0.1) is 0 Å². The van der Waals surface area contributed by atoms with Crippen LogP contribution in [0.4, 0.5) is 0 Å². The molecule has 3 heteroatoms. The lowest BCUT2D eigenvalue weighted by Gasteiger charge is -2.02. The van der Waals surface area contributed by atoms with Crippen molar-refractivity contribution >= 4 is 5.97 Å². The van der Waals surface area contributed by atoms with Gasteiger partial charge >= 0.3 is 5.97 Å². The Bertz CT molecular complexity index is 152. The van der Waals surface area contributed by atoms with Crippen LogP contribution in [0.25, 0.3) is 0 Å². The predicted molar refractivity (Wildman–Crippen MR) is 46.7 cm³/mol. The maximum absolute atomic E-state index is 10.6. The molecule has 0 saturated heterocycles. The van der Waals surface area contributed by atoms with E-state index >= 15 is 0 Å². The first-order chi connectivity index (χ1) is 5.70. The van der Waals surface area contributed by atoms with E-state index in [-0.39, 0.29) is 0 Å². The number of aliphatic hydroxyl groups is 1. The van der Waals surface area contributed by atoms with Crippen molar-refractivity contribution in [2.24, 2.45) is 0 Å². The fraction of sp³-hybridized carbons (Fsp3) is 0.667. The van der Waals surface area contributed by atoms with E-state index in [4.69, 9.17) is 0 Å². The maximum Gasteiger partial charge on any atom is 0.330 e. The molecule has 0 aromatic rings. The Hall–Kier alpha value is -0.830. The highest BCUT2D eigenvalue weighted by Crippen LogP contribution is 2.01. The molecule has 1 atom stereocenters. The third-order valence-corrected chi connectivity index (χ3v) is 1.51. The summed E-state index contributed by atoms with van der Waals surface area (Å²) in [6.07, 6.45) is 4.89. The molecular weight excluding hydrogens is 156 g/mol. The first-order valence-corrected chi connectivity index (χ1v) is 4.15. The van der Waals surface area contributed by atoms with E-state index in [1.807, 2.05) is 0 Å². The molecule has 3 nitrogen and oxygen atoms in total. The van der Waals surface area contributed by atoms with Crippen LogP contribution >= 0.6 is 0 Å². The summed E-state index contributed by atoms with van der Waals surface area (Å²) < 4.78 is 4.37. The van der Waals surface area contributed by atoms with Gasteiger partial charge in [0.25, 0.3) is 0 Å². The lowest BCUT2D eigenvalue weighted by molar-refractivity contribution is -0.134. The van der Waals surface area contributed by atoms with Crippen molar-refractivity contribution in [1.29, 1.82) is 0 Å². The van der Waals surface area contributed by atoms with Gasteiger partial charge in [0.1, 0.15) is 0 Å². The second-order valence-electron chi connectivity index (χ2n) is 2.59. The van der Waals surface area contributed by atoms with E-state index in [2.05, 4.69) is 11.7 Å². The zero-order valence-corrected chi connectivity index (χ0v) is 7.62. The van der Waals surface area contributed by atoms with Crippen LogP contribution in [0.15, 0.2) is 12.2 Å². The number of carbonyl (C=O) groups is 1. The lowest BCUT2D eigenvalue weighted by atomic mass is 10.1. The molecule has 12 heavy (non-hydrogen) atoms. The number of carbonyl (C=O) groups excluding carboxylic acids is 1. The summed E-state index contributed by atoms with van der Waals surface area (Å²) in [5.74, 6) is -0.425. The number of ether oxygens (including phenoxy) is 1. The summed E-state index contributed by atoms with van der Waals surface area (Å²) in [5, 5.41) is 9.23. The number of methoxy groups -OCH3 is 1. The lowest BCUT2D eigenvalue weighted by Crippen LogP contribution is -2.03. The summed E-state index contributed by atoms with van der Waals surface area (Å²) >= 11 is 0. The Kier molecular flexibility index (Phi) is 6.38. The Balaban J connectivity index is 3.59. The molecule has 0 heterocycles. The van der Waals surface area contributed by atoms with Crippen molar-refractivity contribution in [1.82, 2.24) is 0 Å². The zero-order chi connectivity index (χ0) is 9.40. The van der Waals surface area contributed by atoms with Crippen LogP contribution in [0.1, 0.15) is 26.2 Å². The third kappa shape index (κ3) is 5.92. The van der Waals surface area contributed by atoms with Crippen LogP contribution in [0.3, 0.4) is 0 Å². The molecule has 0 amide bonds. The molecular formula is C9H16O3. The summed E-state index contributed by atoms with van der Waals surface area (Å²) in [4.78, 5) is 10.6. The molecule has 1 N–H and O–H groups in total. The van der Waals surface area contributed by atoms with Crippen LogP contribution in [0.5, 0.6) is 0 Å². The van der Waals surface area contributed by atoms with Crippen molar-refractivity contribution < 1.29 is 14.6 Å². The Morgan fingerprint density at radius 1 is 1.67 bits per heavy atom. The highest BCUT2D eigenvalue weighted by atomic mass is 16.5. The van der Waals surface area contributed by atoms with E-state index < -0.39 is 12.1 Å². The molecule has 70 valence electrons. The largest absolute Gasteiger partial charge is 0.466 e. The number of esters is 1. The molecule has 0 saturated carbocycles. The number of aliphatic hydroxyl groups excluding tert-OH is 1. The molecule has 0 radical (unpaired) electrons. The van der Waals surface area contributed by atoms with Gasteiger partial charge in [0.2, 0.25) is 0 Å². The predicted octanol–water partition coefficient (Wildman–Crippen LogP) is 1.27. The molecule has 0 aliphatic rings. The van der Waals surface area contributed by atoms with Gasteiger partial charge in [0.15, 0.2) is 0 Å². The van der Waals surface area contributed by atoms with Crippen LogP contribution in [-0.2, 0) is 9.53 Å². The zero-order valence-electron chi connectivity index (χ0n) is 7.62. The van der Waals surface area contributed by atoms with Crippen molar-refractivity contribution in [3.8, 4) is 0 Å². The smallest absolute Gasteiger partial charge is 0.330 e. The topological polar surface area (TPSA) is 46.5 Å². The van der Waals surface area contributed by atoms with E-state index in [9.17, 15) is 9.90 Å². The molecule has 0 unspecified atom stereocenters. The standard InChI is InChI=1S/C9H16O3/c1-3-4-5-8(10)6-7-9(11)12-2/h6-8,10H,3-5H2,1-2H3/b7-6+/t8-/m1/s1. The summed E-state index contributed by atoms with van der Waals surface area (Å²) in [7, 11) is 1.31. The van der Waals surface area contributed by atoms with Crippen molar-refractivity contribution in [3.63, 3.8) is 0 Å². The Morgan fingerprint density at radius 2 is 2.33 bits per heavy atom. The number of rotatable bonds is 5.